The van der Waals surface area contributed by atoms with Gasteiger partial charge in [0.1, 0.15) is 12.2 Å². The van der Waals surface area contributed by atoms with Crippen molar-refractivity contribution >= 4 is 5.78 Å². The number of ketones is 1. The van der Waals surface area contributed by atoms with E-state index in [9.17, 15) is 25.2 Å². The van der Waals surface area contributed by atoms with E-state index in [4.69, 9.17) is 0 Å². The first-order valence-corrected chi connectivity index (χ1v) is 22.2. The van der Waals surface area contributed by atoms with E-state index >= 15 is 0 Å². The number of carbonyl (C=O) groups excluding carboxylic acids is 1. The maximum absolute atomic E-state index is 12.4. The molecule has 4 N–H and O–H groups in total. The maximum atomic E-state index is 12.4. The van der Waals surface area contributed by atoms with E-state index in [1.165, 1.54) is 180 Å². The molecule has 0 aliphatic rings. The molecule has 0 aromatic carbocycles. The van der Waals surface area contributed by atoms with Gasteiger partial charge in [-0.25, -0.2) is 0 Å². The summed E-state index contributed by atoms with van der Waals surface area (Å²) in [6, 6.07) is 0. The molecule has 0 fully saturated rings. The standard InChI is InChI=1S/C44H88O5/c1-3-5-7-9-11-13-15-17-18-19-20-21-22-23-24-25-26-28-30-32-34-36-38-41(46)44(49)43(48)39-42(47)40(45)37-35-33-31-29-27-16-14-12-10-8-6-4-2/h40-43,45-48H,3-39H2,1-2H3/t40?,41?,42?,43-/m1/s1. The summed E-state index contributed by atoms with van der Waals surface area (Å²) < 4.78 is 0. The third-order valence-electron chi connectivity index (χ3n) is 10.8. The molecule has 49 heavy (non-hydrogen) atoms. The van der Waals surface area contributed by atoms with Gasteiger partial charge in [-0.05, 0) is 12.8 Å². The van der Waals surface area contributed by atoms with Gasteiger partial charge >= 0.3 is 0 Å². The summed E-state index contributed by atoms with van der Waals surface area (Å²) in [6.45, 7) is 4.54. The second-order valence-electron chi connectivity index (χ2n) is 15.7. The van der Waals surface area contributed by atoms with E-state index in [0.29, 0.717) is 12.8 Å². The van der Waals surface area contributed by atoms with Gasteiger partial charge in [-0.1, -0.05) is 232 Å². The molecule has 0 aromatic heterocycles. The van der Waals surface area contributed by atoms with E-state index in [1.54, 1.807) is 0 Å². The van der Waals surface area contributed by atoms with Gasteiger partial charge in [0.25, 0.3) is 0 Å². The van der Waals surface area contributed by atoms with Gasteiger partial charge in [0.15, 0.2) is 5.78 Å². The summed E-state index contributed by atoms with van der Waals surface area (Å²) in [5.41, 5.74) is 0. The van der Waals surface area contributed by atoms with Crippen LogP contribution in [0.25, 0.3) is 0 Å². The normalized spacial score (nSPS) is 14.2. The first kappa shape index (κ1) is 48.5. The van der Waals surface area contributed by atoms with Crippen molar-refractivity contribution in [2.45, 2.75) is 276 Å². The van der Waals surface area contributed by atoms with E-state index in [1.807, 2.05) is 0 Å². The van der Waals surface area contributed by atoms with Crippen LogP contribution >= 0.6 is 0 Å². The fourth-order valence-electron chi connectivity index (χ4n) is 7.20. The molecule has 0 aliphatic carbocycles. The molecule has 0 spiro atoms. The van der Waals surface area contributed by atoms with Gasteiger partial charge in [0.05, 0.1) is 12.2 Å². The molecule has 0 saturated carbocycles. The van der Waals surface area contributed by atoms with Gasteiger partial charge < -0.3 is 20.4 Å². The zero-order valence-corrected chi connectivity index (χ0v) is 33.2. The molecule has 0 rings (SSSR count). The Labute approximate surface area is 306 Å². The fraction of sp³-hybridized carbons (Fsp3) is 0.977. The molecule has 0 aromatic rings. The minimum atomic E-state index is -1.43. The van der Waals surface area contributed by atoms with Crippen molar-refractivity contribution in [2.75, 3.05) is 0 Å². The summed E-state index contributed by atoms with van der Waals surface area (Å²) in [6.07, 6.45) is 40.0. The van der Waals surface area contributed by atoms with Crippen molar-refractivity contribution in [2.24, 2.45) is 0 Å². The predicted octanol–water partition coefficient (Wildman–Crippen LogP) is 12.5. The monoisotopic (exact) mass is 697 g/mol. The van der Waals surface area contributed by atoms with Gasteiger partial charge in [-0.3, -0.25) is 4.79 Å². The zero-order chi connectivity index (χ0) is 36.0. The van der Waals surface area contributed by atoms with Crippen LogP contribution in [0.4, 0.5) is 0 Å². The highest BCUT2D eigenvalue weighted by Crippen LogP contribution is 2.18. The molecule has 294 valence electrons. The number of unbranched alkanes of at least 4 members (excludes halogenated alkanes) is 32. The van der Waals surface area contributed by atoms with E-state index < -0.39 is 30.2 Å². The number of aliphatic hydroxyl groups excluding tert-OH is 4. The molecule has 0 radical (unpaired) electrons. The summed E-state index contributed by atoms with van der Waals surface area (Å²) in [5.74, 6) is -0.625. The SMILES string of the molecule is CCCCCCCCCCCCCCCCCCCCCCCCC(O)C(=O)[C@H](O)CC(O)C(O)CCCCCCCCCCCCCC. The highest BCUT2D eigenvalue weighted by Gasteiger charge is 2.28. The summed E-state index contributed by atoms with van der Waals surface area (Å²) >= 11 is 0. The summed E-state index contributed by atoms with van der Waals surface area (Å²) in [7, 11) is 0. The van der Waals surface area contributed by atoms with E-state index in [-0.39, 0.29) is 6.42 Å². The number of hydrogen-bond acceptors (Lipinski definition) is 5. The lowest BCUT2D eigenvalue weighted by Crippen LogP contribution is -2.38. The van der Waals surface area contributed by atoms with Crippen LogP contribution in [0.2, 0.25) is 0 Å². The van der Waals surface area contributed by atoms with Crippen molar-refractivity contribution in [3.8, 4) is 0 Å². The van der Waals surface area contributed by atoms with Crippen LogP contribution in [0.1, 0.15) is 251 Å². The highest BCUT2D eigenvalue weighted by atomic mass is 16.3. The van der Waals surface area contributed by atoms with Crippen LogP contribution in [0.15, 0.2) is 0 Å². The van der Waals surface area contributed by atoms with Gasteiger partial charge in [0, 0.05) is 6.42 Å². The van der Waals surface area contributed by atoms with Gasteiger partial charge in [-0.2, -0.15) is 0 Å². The molecule has 0 bridgehead atoms. The molecule has 4 atom stereocenters. The lowest BCUT2D eigenvalue weighted by Gasteiger charge is -2.21. The highest BCUT2D eigenvalue weighted by molar-refractivity contribution is 5.86. The molecule has 0 amide bonds. The van der Waals surface area contributed by atoms with E-state index in [2.05, 4.69) is 13.8 Å². The minimum absolute atomic E-state index is 0.214. The first-order chi connectivity index (χ1) is 23.9. The zero-order valence-electron chi connectivity index (χ0n) is 33.2. The van der Waals surface area contributed by atoms with Crippen molar-refractivity contribution in [3.05, 3.63) is 0 Å². The van der Waals surface area contributed by atoms with Crippen molar-refractivity contribution in [1.29, 1.82) is 0 Å². The average molecular weight is 697 g/mol. The lowest BCUT2D eigenvalue weighted by molar-refractivity contribution is -0.138. The Morgan fingerprint density at radius 3 is 0.857 bits per heavy atom. The lowest BCUT2D eigenvalue weighted by atomic mass is 9.95. The molecular weight excluding hydrogens is 608 g/mol. The Kier molecular flexibility index (Phi) is 38.3. The summed E-state index contributed by atoms with van der Waals surface area (Å²) in [4.78, 5) is 12.4. The second-order valence-corrected chi connectivity index (χ2v) is 15.7. The quantitative estimate of drug-likeness (QED) is 0.0477. The molecule has 5 nitrogen and oxygen atoms in total. The minimum Gasteiger partial charge on any atom is -0.390 e. The smallest absolute Gasteiger partial charge is 0.189 e. The van der Waals surface area contributed by atoms with Crippen LogP contribution < -0.4 is 0 Å². The Bertz CT molecular complexity index is 655. The molecule has 5 heteroatoms. The third kappa shape index (κ3) is 34.4. The number of Topliss-reactive ketones (excluding diaryl/α,β-unsaturated/α-hetero) is 1. The number of aliphatic hydroxyl groups is 4. The molecule has 0 saturated heterocycles. The average Bonchev–Trinajstić information content (AvgIpc) is 3.10. The Morgan fingerprint density at radius 2 is 0.571 bits per heavy atom. The molecule has 3 unspecified atom stereocenters. The van der Waals surface area contributed by atoms with Crippen LogP contribution in [-0.4, -0.2) is 50.6 Å². The number of carbonyl (C=O) groups is 1. The van der Waals surface area contributed by atoms with Gasteiger partial charge in [-0.15, -0.1) is 0 Å². The molecule has 0 heterocycles. The first-order valence-electron chi connectivity index (χ1n) is 22.2. The Morgan fingerprint density at radius 1 is 0.327 bits per heavy atom. The van der Waals surface area contributed by atoms with Crippen LogP contribution in [-0.2, 0) is 4.79 Å². The maximum Gasteiger partial charge on any atom is 0.189 e. The number of hydrogen-bond donors (Lipinski definition) is 4. The Balaban J connectivity index is 3.55. The van der Waals surface area contributed by atoms with Gasteiger partial charge in [0.2, 0.25) is 0 Å². The second kappa shape index (κ2) is 38.7. The molecular formula is C44H88O5. The predicted molar refractivity (Wildman–Crippen MR) is 211 cm³/mol. The largest absolute Gasteiger partial charge is 0.390 e. The topological polar surface area (TPSA) is 98.0 Å². The van der Waals surface area contributed by atoms with Crippen molar-refractivity contribution < 1.29 is 25.2 Å². The Hall–Kier alpha value is -0.490. The number of rotatable bonds is 41. The van der Waals surface area contributed by atoms with Crippen LogP contribution in [0, 0.1) is 0 Å². The van der Waals surface area contributed by atoms with E-state index in [0.717, 1.165) is 38.5 Å². The summed E-state index contributed by atoms with van der Waals surface area (Å²) in [5, 5.41) is 41.2. The third-order valence-corrected chi connectivity index (χ3v) is 10.8. The van der Waals surface area contributed by atoms with Crippen LogP contribution in [0.5, 0.6) is 0 Å². The van der Waals surface area contributed by atoms with Crippen LogP contribution in [0.3, 0.4) is 0 Å². The molecule has 0 aliphatic heterocycles. The fourth-order valence-corrected chi connectivity index (χ4v) is 7.20. The van der Waals surface area contributed by atoms with Crippen molar-refractivity contribution in [1.82, 2.24) is 0 Å². The van der Waals surface area contributed by atoms with Crippen molar-refractivity contribution in [3.63, 3.8) is 0 Å².